The predicted octanol–water partition coefficient (Wildman–Crippen LogP) is 3.80. The second kappa shape index (κ2) is 7.90. The fourth-order valence-corrected chi connectivity index (χ4v) is 3.05. The minimum absolute atomic E-state index is 0.0346. The zero-order valence-corrected chi connectivity index (χ0v) is 13.8. The fraction of sp³-hybridized carbons (Fsp3) is 0.562. The molecule has 1 fully saturated rings. The molecule has 3 nitrogen and oxygen atoms in total. The van der Waals surface area contributed by atoms with Crippen LogP contribution in [0.2, 0.25) is 0 Å². The van der Waals surface area contributed by atoms with Crippen LogP contribution in [0.15, 0.2) is 22.7 Å². The Bertz CT molecular complexity index is 487. The molecule has 1 saturated carbocycles. The molecule has 1 N–H and O–H groups in total. The van der Waals surface area contributed by atoms with Crippen molar-refractivity contribution < 1.29 is 13.9 Å². The Labute approximate surface area is 133 Å². The summed E-state index contributed by atoms with van der Waals surface area (Å²) in [6, 6.07) is 5.46. The Morgan fingerprint density at radius 3 is 2.71 bits per heavy atom. The van der Waals surface area contributed by atoms with Gasteiger partial charge in [0.25, 0.3) is 0 Å². The molecule has 2 rings (SSSR count). The van der Waals surface area contributed by atoms with Crippen molar-refractivity contribution in [3.05, 3.63) is 34.1 Å². The molecule has 1 aromatic rings. The Morgan fingerprint density at radius 1 is 1.38 bits per heavy atom. The van der Waals surface area contributed by atoms with Gasteiger partial charge in [0.05, 0.1) is 12.5 Å². The van der Waals surface area contributed by atoms with Crippen LogP contribution in [0.3, 0.4) is 0 Å². The van der Waals surface area contributed by atoms with Gasteiger partial charge in [-0.3, -0.25) is 4.79 Å². The summed E-state index contributed by atoms with van der Waals surface area (Å²) in [6.45, 7) is 2.80. The molecule has 21 heavy (non-hydrogen) atoms. The molecule has 1 aliphatic carbocycles. The Hall–Kier alpha value is -0.940. The summed E-state index contributed by atoms with van der Waals surface area (Å²) in [6.07, 6.45) is 3.56. The molecule has 0 unspecified atom stereocenters. The van der Waals surface area contributed by atoms with Crippen molar-refractivity contribution in [3.8, 4) is 0 Å². The van der Waals surface area contributed by atoms with Crippen LogP contribution in [-0.4, -0.2) is 18.6 Å². The average Bonchev–Trinajstić information content (AvgIpc) is 2.47. The van der Waals surface area contributed by atoms with Crippen molar-refractivity contribution >= 4 is 21.9 Å². The lowest BCUT2D eigenvalue weighted by Gasteiger charge is -2.28. The van der Waals surface area contributed by atoms with E-state index in [1.54, 1.807) is 6.07 Å². The first-order chi connectivity index (χ1) is 10.1. The summed E-state index contributed by atoms with van der Waals surface area (Å²) in [7, 11) is 0. The van der Waals surface area contributed by atoms with E-state index in [2.05, 4.69) is 21.2 Å². The minimum atomic E-state index is -0.197. The molecule has 0 radical (unpaired) electrons. The monoisotopic (exact) mass is 357 g/mol. The van der Waals surface area contributed by atoms with Crippen LogP contribution in [0.1, 0.15) is 38.2 Å². The molecule has 5 heteroatoms. The fourth-order valence-electron chi connectivity index (χ4n) is 2.71. The third-order valence-corrected chi connectivity index (χ3v) is 4.44. The lowest BCUT2D eigenvalue weighted by atomic mass is 9.86. The number of hydrogen-bond donors (Lipinski definition) is 1. The van der Waals surface area contributed by atoms with Gasteiger partial charge in [-0.15, -0.1) is 0 Å². The smallest absolute Gasteiger partial charge is 0.308 e. The van der Waals surface area contributed by atoms with Crippen LogP contribution in [0.4, 0.5) is 4.39 Å². The second-order valence-electron chi connectivity index (χ2n) is 5.42. The summed E-state index contributed by atoms with van der Waals surface area (Å²) in [5, 5.41) is 3.38. The number of halogens is 2. The normalized spacial score (nSPS) is 22.0. The first-order valence-corrected chi connectivity index (χ1v) is 8.23. The van der Waals surface area contributed by atoms with Crippen molar-refractivity contribution in [2.45, 2.75) is 45.2 Å². The van der Waals surface area contributed by atoms with Gasteiger partial charge in [0, 0.05) is 22.6 Å². The highest BCUT2D eigenvalue weighted by atomic mass is 79.9. The van der Waals surface area contributed by atoms with Gasteiger partial charge < -0.3 is 10.1 Å². The second-order valence-corrected chi connectivity index (χ2v) is 6.33. The van der Waals surface area contributed by atoms with E-state index in [-0.39, 0.29) is 17.7 Å². The molecule has 0 saturated heterocycles. The number of nitrogens with one attached hydrogen (secondary N) is 1. The third kappa shape index (κ3) is 4.78. The van der Waals surface area contributed by atoms with Crippen LogP contribution in [0.25, 0.3) is 0 Å². The molecule has 0 atom stereocenters. The zero-order valence-electron chi connectivity index (χ0n) is 12.2. The standard InChI is InChI=1S/C16H21BrFNO2/c1-2-21-16(20)11-4-7-14(8-5-11)19-10-12-3-6-13(17)9-15(12)18/h3,6,9,11,14,19H,2,4-5,7-8,10H2,1H3. The SMILES string of the molecule is CCOC(=O)C1CCC(NCc2ccc(Br)cc2F)CC1. The van der Waals surface area contributed by atoms with Gasteiger partial charge in [-0.1, -0.05) is 22.0 Å². The quantitative estimate of drug-likeness (QED) is 0.814. The minimum Gasteiger partial charge on any atom is -0.466 e. The summed E-state index contributed by atoms with van der Waals surface area (Å²) in [5.74, 6) is -0.237. The lowest BCUT2D eigenvalue weighted by molar-refractivity contribution is -0.149. The molecular weight excluding hydrogens is 337 g/mol. The number of benzene rings is 1. The Morgan fingerprint density at radius 2 is 2.10 bits per heavy atom. The van der Waals surface area contributed by atoms with Gasteiger partial charge >= 0.3 is 5.97 Å². The Kier molecular flexibility index (Phi) is 6.18. The lowest BCUT2D eigenvalue weighted by Crippen LogP contribution is -2.35. The van der Waals surface area contributed by atoms with Gasteiger partial charge in [-0.05, 0) is 44.7 Å². The summed E-state index contributed by atoms with van der Waals surface area (Å²) in [4.78, 5) is 11.7. The van der Waals surface area contributed by atoms with E-state index >= 15 is 0 Å². The predicted molar refractivity (Wildman–Crippen MR) is 83.3 cm³/mol. The molecule has 0 aliphatic heterocycles. The number of ether oxygens (including phenoxy) is 1. The largest absolute Gasteiger partial charge is 0.466 e. The van der Waals surface area contributed by atoms with E-state index in [0.717, 1.165) is 30.2 Å². The number of esters is 1. The van der Waals surface area contributed by atoms with Crippen molar-refractivity contribution in [3.63, 3.8) is 0 Å². The molecule has 0 heterocycles. The van der Waals surface area contributed by atoms with Gasteiger partial charge in [-0.25, -0.2) is 4.39 Å². The number of carbonyl (C=O) groups excluding carboxylic acids is 1. The maximum absolute atomic E-state index is 13.7. The molecule has 0 spiro atoms. The highest BCUT2D eigenvalue weighted by Gasteiger charge is 2.26. The number of rotatable bonds is 5. The van der Waals surface area contributed by atoms with Crippen LogP contribution in [0.5, 0.6) is 0 Å². The van der Waals surface area contributed by atoms with Crippen molar-refractivity contribution in [1.82, 2.24) is 5.32 Å². The van der Waals surface area contributed by atoms with Crippen LogP contribution >= 0.6 is 15.9 Å². The Balaban J connectivity index is 1.77. The molecule has 1 aromatic carbocycles. The molecule has 116 valence electrons. The van der Waals surface area contributed by atoms with Crippen LogP contribution in [-0.2, 0) is 16.1 Å². The average molecular weight is 358 g/mol. The van der Waals surface area contributed by atoms with E-state index in [0.29, 0.717) is 24.8 Å². The highest BCUT2D eigenvalue weighted by Crippen LogP contribution is 2.26. The van der Waals surface area contributed by atoms with Gasteiger partial charge in [-0.2, -0.15) is 0 Å². The molecule has 1 aliphatic rings. The van der Waals surface area contributed by atoms with E-state index in [1.165, 1.54) is 6.07 Å². The zero-order chi connectivity index (χ0) is 15.2. The van der Waals surface area contributed by atoms with E-state index < -0.39 is 0 Å². The highest BCUT2D eigenvalue weighted by molar-refractivity contribution is 9.10. The molecule has 0 amide bonds. The summed E-state index contributed by atoms with van der Waals surface area (Å²) >= 11 is 3.25. The topological polar surface area (TPSA) is 38.3 Å². The van der Waals surface area contributed by atoms with Gasteiger partial charge in [0.15, 0.2) is 0 Å². The van der Waals surface area contributed by atoms with E-state index in [9.17, 15) is 9.18 Å². The maximum Gasteiger partial charge on any atom is 0.308 e. The maximum atomic E-state index is 13.7. The molecular formula is C16H21BrFNO2. The van der Waals surface area contributed by atoms with E-state index in [1.807, 2.05) is 13.0 Å². The van der Waals surface area contributed by atoms with Crippen molar-refractivity contribution in [2.24, 2.45) is 5.92 Å². The van der Waals surface area contributed by atoms with E-state index in [4.69, 9.17) is 4.74 Å². The molecule has 0 bridgehead atoms. The first kappa shape index (κ1) is 16.4. The third-order valence-electron chi connectivity index (χ3n) is 3.94. The van der Waals surface area contributed by atoms with Crippen molar-refractivity contribution in [2.75, 3.05) is 6.61 Å². The number of carbonyl (C=O) groups is 1. The van der Waals surface area contributed by atoms with Gasteiger partial charge in [0.2, 0.25) is 0 Å². The van der Waals surface area contributed by atoms with Crippen molar-refractivity contribution in [1.29, 1.82) is 0 Å². The van der Waals surface area contributed by atoms with Crippen LogP contribution in [0, 0.1) is 11.7 Å². The van der Waals surface area contributed by atoms with Crippen LogP contribution < -0.4 is 5.32 Å². The first-order valence-electron chi connectivity index (χ1n) is 7.44. The summed E-state index contributed by atoms with van der Waals surface area (Å²) in [5.41, 5.74) is 0.672. The van der Waals surface area contributed by atoms with Gasteiger partial charge in [0.1, 0.15) is 5.82 Å². The molecule has 0 aromatic heterocycles. The summed E-state index contributed by atoms with van der Waals surface area (Å²) < 4.78 is 19.5. The number of hydrogen-bond acceptors (Lipinski definition) is 3.